The summed E-state index contributed by atoms with van der Waals surface area (Å²) in [5, 5.41) is 5.12. The second kappa shape index (κ2) is 5.49. The Morgan fingerprint density at radius 1 is 1.18 bits per heavy atom. The Morgan fingerprint density at radius 3 is 2.18 bits per heavy atom. The number of hydrogen-bond acceptors (Lipinski definition) is 2. The lowest BCUT2D eigenvalue weighted by molar-refractivity contribution is -0.901. The molecule has 3 amide bonds. The van der Waals surface area contributed by atoms with E-state index in [-0.39, 0.29) is 17.5 Å². The molecule has 0 aromatic heterocycles. The predicted molar refractivity (Wildman–Crippen MR) is 65.8 cm³/mol. The van der Waals surface area contributed by atoms with Gasteiger partial charge >= 0.3 is 6.03 Å². The second-order valence-electron chi connectivity index (χ2n) is 5.78. The van der Waals surface area contributed by atoms with Gasteiger partial charge in [0.1, 0.15) is 0 Å². The van der Waals surface area contributed by atoms with Crippen molar-refractivity contribution in [2.75, 3.05) is 13.1 Å². The molecule has 1 saturated heterocycles. The lowest BCUT2D eigenvalue weighted by atomic mass is 10.1. The van der Waals surface area contributed by atoms with Crippen molar-refractivity contribution < 1.29 is 14.5 Å². The van der Waals surface area contributed by atoms with Crippen LogP contribution >= 0.6 is 0 Å². The maximum atomic E-state index is 11.8. The lowest BCUT2D eigenvalue weighted by Crippen LogP contribution is -3.15. The van der Waals surface area contributed by atoms with Crippen LogP contribution in [0.25, 0.3) is 0 Å². The van der Waals surface area contributed by atoms with Crippen molar-refractivity contribution in [3.05, 3.63) is 0 Å². The second-order valence-corrected chi connectivity index (χ2v) is 5.78. The highest BCUT2D eigenvalue weighted by molar-refractivity contribution is 5.96. The molecule has 0 spiro atoms. The molecule has 5 heteroatoms. The summed E-state index contributed by atoms with van der Waals surface area (Å²) in [6.45, 7) is 9.57. The molecule has 0 unspecified atom stereocenters. The minimum absolute atomic E-state index is 0.150. The summed E-state index contributed by atoms with van der Waals surface area (Å²) >= 11 is 0. The summed E-state index contributed by atoms with van der Waals surface area (Å²) in [6.07, 6.45) is 2.34. The van der Waals surface area contributed by atoms with Crippen LogP contribution in [0.3, 0.4) is 0 Å². The molecule has 1 heterocycles. The smallest absolute Gasteiger partial charge is 0.322 e. The van der Waals surface area contributed by atoms with Crippen molar-refractivity contribution in [3.63, 3.8) is 0 Å². The van der Waals surface area contributed by atoms with Gasteiger partial charge in [0.25, 0.3) is 5.91 Å². The van der Waals surface area contributed by atoms with E-state index in [2.05, 4.69) is 10.6 Å². The number of amides is 3. The maximum absolute atomic E-state index is 11.8. The summed E-state index contributed by atoms with van der Waals surface area (Å²) in [5.74, 6) is -0.191. The van der Waals surface area contributed by atoms with E-state index in [0.29, 0.717) is 0 Å². The molecule has 1 atom stereocenters. The first kappa shape index (κ1) is 14.0. The first-order valence-electron chi connectivity index (χ1n) is 6.27. The third kappa shape index (κ3) is 4.73. The lowest BCUT2D eigenvalue weighted by Gasteiger charge is -2.23. The van der Waals surface area contributed by atoms with Crippen LogP contribution in [0, 0.1) is 0 Å². The van der Waals surface area contributed by atoms with Crippen molar-refractivity contribution in [1.29, 1.82) is 0 Å². The topological polar surface area (TPSA) is 62.6 Å². The Hall–Kier alpha value is -1.10. The predicted octanol–water partition coefficient (Wildman–Crippen LogP) is -0.322. The van der Waals surface area contributed by atoms with Gasteiger partial charge in [-0.3, -0.25) is 10.1 Å². The van der Waals surface area contributed by atoms with Crippen LogP contribution in [0.15, 0.2) is 0 Å². The fourth-order valence-corrected chi connectivity index (χ4v) is 2.04. The molecule has 1 fully saturated rings. The van der Waals surface area contributed by atoms with Gasteiger partial charge < -0.3 is 10.2 Å². The van der Waals surface area contributed by atoms with Gasteiger partial charge in [0.05, 0.1) is 13.1 Å². The van der Waals surface area contributed by atoms with E-state index < -0.39 is 6.03 Å². The molecule has 0 aromatic rings. The molecule has 0 bridgehead atoms. The minimum atomic E-state index is -0.409. The summed E-state index contributed by atoms with van der Waals surface area (Å²) in [7, 11) is 0. The molecule has 1 aliphatic rings. The summed E-state index contributed by atoms with van der Waals surface area (Å²) in [6, 6.07) is -0.559. The maximum Gasteiger partial charge on any atom is 0.322 e. The van der Waals surface area contributed by atoms with E-state index >= 15 is 0 Å². The highest BCUT2D eigenvalue weighted by Crippen LogP contribution is 1.97. The van der Waals surface area contributed by atoms with Gasteiger partial charge in [0.2, 0.25) is 0 Å². The largest absolute Gasteiger partial charge is 0.333 e. The Bertz CT molecular complexity index is 291. The molecule has 0 aromatic carbocycles. The van der Waals surface area contributed by atoms with Gasteiger partial charge in [-0.15, -0.1) is 0 Å². The zero-order valence-electron chi connectivity index (χ0n) is 11.2. The highest BCUT2D eigenvalue weighted by Gasteiger charge is 2.29. The molecular weight excluding hydrogens is 218 g/mol. The van der Waals surface area contributed by atoms with Crippen LogP contribution in [-0.4, -0.2) is 36.6 Å². The molecular formula is C12H24N3O2+. The standard InChI is InChI=1S/C12H23N3O2/c1-9(15-7-5-6-8-15)10(16)13-11(17)14-12(2,3)4/h9H,5-8H2,1-4H3,(H2,13,14,16,17)/p+1/t9-/m1/s1. The molecule has 0 radical (unpaired) electrons. The first-order chi connectivity index (χ1) is 7.79. The van der Waals surface area contributed by atoms with Gasteiger partial charge in [-0.2, -0.15) is 0 Å². The number of carbonyl (C=O) groups excluding carboxylic acids is 2. The molecule has 0 saturated carbocycles. The third-order valence-electron chi connectivity index (χ3n) is 2.98. The zero-order chi connectivity index (χ0) is 13.1. The molecule has 0 aliphatic carbocycles. The number of imide groups is 1. The number of carbonyl (C=O) groups is 2. The fraction of sp³-hybridized carbons (Fsp3) is 0.833. The number of hydrogen-bond donors (Lipinski definition) is 3. The van der Waals surface area contributed by atoms with Crippen LogP contribution in [-0.2, 0) is 4.79 Å². The van der Waals surface area contributed by atoms with Gasteiger partial charge in [0.15, 0.2) is 6.04 Å². The van der Waals surface area contributed by atoms with E-state index in [0.717, 1.165) is 13.1 Å². The SMILES string of the molecule is C[C@H](C(=O)NC(=O)NC(C)(C)C)[NH+]1CCCC1. The van der Waals surface area contributed by atoms with E-state index in [1.165, 1.54) is 17.7 Å². The molecule has 98 valence electrons. The molecule has 1 rings (SSSR count). The highest BCUT2D eigenvalue weighted by atomic mass is 16.2. The Balaban J connectivity index is 2.40. The Labute approximate surface area is 103 Å². The van der Waals surface area contributed by atoms with E-state index in [4.69, 9.17) is 0 Å². The zero-order valence-corrected chi connectivity index (χ0v) is 11.2. The van der Waals surface area contributed by atoms with Crippen LogP contribution < -0.4 is 15.5 Å². The van der Waals surface area contributed by atoms with Crippen LogP contribution in [0.5, 0.6) is 0 Å². The van der Waals surface area contributed by atoms with Gasteiger partial charge in [-0.1, -0.05) is 0 Å². The van der Waals surface area contributed by atoms with Gasteiger partial charge in [-0.25, -0.2) is 4.79 Å². The van der Waals surface area contributed by atoms with Crippen molar-refractivity contribution in [2.24, 2.45) is 0 Å². The third-order valence-corrected chi connectivity index (χ3v) is 2.98. The molecule has 17 heavy (non-hydrogen) atoms. The van der Waals surface area contributed by atoms with Crippen molar-refractivity contribution in [1.82, 2.24) is 10.6 Å². The summed E-state index contributed by atoms with van der Waals surface area (Å²) < 4.78 is 0. The molecule has 5 nitrogen and oxygen atoms in total. The van der Waals surface area contributed by atoms with Gasteiger partial charge in [-0.05, 0) is 27.7 Å². The number of likely N-dealkylation sites (tertiary alicyclic amines) is 1. The normalized spacial score (nSPS) is 18.8. The van der Waals surface area contributed by atoms with Crippen LogP contribution in [0.4, 0.5) is 4.79 Å². The fourth-order valence-electron chi connectivity index (χ4n) is 2.04. The first-order valence-corrected chi connectivity index (χ1v) is 6.27. The average molecular weight is 242 g/mol. The average Bonchev–Trinajstić information content (AvgIpc) is 2.65. The van der Waals surface area contributed by atoms with Crippen molar-refractivity contribution in [2.45, 2.75) is 52.1 Å². The summed E-state index contributed by atoms with van der Waals surface area (Å²) in [4.78, 5) is 24.6. The Morgan fingerprint density at radius 2 is 1.71 bits per heavy atom. The number of rotatable bonds is 2. The number of quaternary nitrogens is 1. The molecule has 3 N–H and O–H groups in total. The monoisotopic (exact) mass is 242 g/mol. The minimum Gasteiger partial charge on any atom is -0.333 e. The van der Waals surface area contributed by atoms with Crippen molar-refractivity contribution in [3.8, 4) is 0 Å². The van der Waals surface area contributed by atoms with Crippen LogP contribution in [0.2, 0.25) is 0 Å². The quantitative estimate of drug-likeness (QED) is 0.621. The Kier molecular flexibility index (Phi) is 4.51. The van der Waals surface area contributed by atoms with Gasteiger partial charge in [0, 0.05) is 18.4 Å². The van der Waals surface area contributed by atoms with Crippen molar-refractivity contribution >= 4 is 11.9 Å². The number of urea groups is 1. The van der Waals surface area contributed by atoms with E-state index in [9.17, 15) is 9.59 Å². The van der Waals surface area contributed by atoms with E-state index in [1.807, 2.05) is 27.7 Å². The summed E-state index contributed by atoms with van der Waals surface area (Å²) in [5.41, 5.74) is -0.325. The van der Waals surface area contributed by atoms with E-state index in [1.54, 1.807) is 0 Å². The molecule has 1 aliphatic heterocycles. The van der Waals surface area contributed by atoms with Crippen LogP contribution in [0.1, 0.15) is 40.5 Å². The number of nitrogens with one attached hydrogen (secondary N) is 3.